The third-order valence-corrected chi connectivity index (χ3v) is 5.69. The van der Waals surface area contributed by atoms with E-state index in [-0.39, 0.29) is 0 Å². The lowest BCUT2D eigenvalue weighted by molar-refractivity contribution is 0.317. The second-order valence-electron chi connectivity index (χ2n) is 6.50. The summed E-state index contributed by atoms with van der Waals surface area (Å²) in [5, 5.41) is 0. The van der Waals surface area contributed by atoms with Crippen LogP contribution >= 0.6 is 11.8 Å². The number of hydrogen-bond acceptors (Lipinski definition) is 2. The molecule has 24 heavy (non-hydrogen) atoms. The number of aryl methyl sites for hydroxylation is 1. The fourth-order valence-electron chi connectivity index (χ4n) is 3.65. The summed E-state index contributed by atoms with van der Waals surface area (Å²) >= 11 is 1.81. The first kappa shape index (κ1) is 15.6. The van der Waals surface area contributed by atoms with E-state index in [0.29, 0.717) is 0 Å². The van der Waals surface area contributed by atoms with E-state index in [0.717, 1.165) is 31.6 Å². The van der Waals surface area contributed by atoms with Gasteiger partial charge in [0.1, 0.15) is 5.75 Å². The first-order chi connectivity index (χ1) is 11.8. The van der Waals surface area contributed by atoms with Crippen LogP contribution < -0.4 is 4.74 Å². The first-order valence-corrected chi connectivity index (χ1v) is 9.80. The molecule has 0 amide bonds. The molecule has 2 heteroatoms. The molecule has 4 rings (SSSR count). The summed E-state index contributed by atoms with van der Waals surface area (Å²) in [4.78, 5) is 1.33. The van der Waals surface area contributed by atoms with Crippen molar-refractivity contribution in [1.29, 1.82) is 0 Å². The number of rotatable bonds is 2. The van der Waals surface area contributed by atoms with E-state index in [1.165, 1.54) is 44.7 Å². The van der Waals surface area contributed by atoms with Gasteiger partial charge in [-0.2, -0.15) is 0 Å². The molecule has 1 nitrogen and oxygen atoms in total. The maximum Gasteiger partial charge on any atom is 0.123 e. The molecule has 0 fully saturated rings. The topological polar surface area (TPSA) is 9.23 Å². The van der Waals surface area contributed by atoms with Crippen LogP contribution in [0.5, 0.6) is 5.75 Å². The molecule has 122 valence electrons. The molecule has 1 aliphatic heterocycles. The van der Waals surface area contributed by atoms with Crippen LogP contribution in [0.15, 0.2) is 47.9 Å². The van der Waals surface area contributed by atoms with Crippen LogP contribution in [0.2, 0.25) is 0 Å². The van der Waals surface area contributed by atoms with E-state index in [2.05, 4.69) is 55.3 Å². The Morgan fingerprint density at radius 3 is 2.83 bits per heavy atom. The van der Waals surface area contributed by atoms with Crippen molar-refractivity contribution >= 4 is 29.0 Å². The van der Waals surface area contributed by atoms with Crippen LogP contribution in [0.3, 0.4) is 0 Å². The number of hydrogen-bond donors (Lipinski definition) is 0. The Balaban J connectivity index is 1.82. The van der Waals surface area contributed by atoms with Crippen molar-refractivity contribution in [3.8, 4) is 5.75 Å². The smallest absolute Gasteiger partial charge is 0.123 e. The molecule has 0 spiro atoms. The van der Waals surface area contributed by atoms with E-state index >= 15 is 0 Å². The zero-order chi connectivity index (χ0) is 16.5. The summed E-state index contributed by atoms with van der Waals surface area (Å²) in [5.74, 6) is 1.06. The van der Waals surface area contributed by atoms with Gasteiger partial charge in [0.05, 0.1) is 6.61 Å². The third-order valence-electron chi connectivity index (χ3n) is 4.90. The maximum atomic E-state index is 5.95. The largest absolute Gasteiger partial charge is 0.493 e. The average molecular weight is 334 g/mol. The van der Waals surface area contributed by atoms with Crippen LogP contribution in [0.4, 0.5) is 0 Å². The van der Waals surface area contributed by atoms with Gasteiger partial charge < -0.3 is 4.74 Å². The van der Waals surface area contributed by atoms with E-state index in [1.807, 2.05) is 0 Å². The summed E-state index contributed by atoms with van der Waals surface area (Å²) in [6, 6.07) is 13.2. The van der Waals surface area contributed by atoms with E-state index in [4.69, 9.17) is 4.74 Å². The molecule has 0 saturated carbocycles. The van der Waals surface area contributed by atoms with E-state index in [9.17, 15) is 0 Å². The molecular formula is C22H22OS. The summed E-state index contributed by atoms with van der Waals surface area (Å²) in [7, 11) is 0. The monoisotopic (exact) mass is 334 g/mol. The summed E-state index contributed by atoms with van der Waals surface area (Å²) < 4.78 is 5.95. The summed E-state index contributed by atoms with van der Waals surface area (Å²) in [6.07, 6.45) is 8.86. The maximum absolute atomic E-state index is 5.95. The lowest BCUT2D eigenvalue weighted by Crippen LogP contribution is -2.02. The molecule has 1 heterocycles. The molecule has 0 bridgehead atoms. The molecule has 0 radical (unpaired) electrons. The van der Waals surface area contributed by atoms with Gasteiger partial charge in [0.25, 0.3) is 0 Å². The molecule has 2 aromatic rings. The first-order valence-electron chi connectivity index (χ1n) is 8.58. The van der Waals surface area contributed by atoms with E-state index in [1.54, 1.807) is 11.8 Å². The highest BCUT2D eigenvalue weighted by molar-refractivity contribution is 7.98. The van der Waals surface area contributed by atoms with Crippen molar-refractivity contribution in [2.75, 3.05) is 12.9 Å². The van der Waals surface area contributed by atoms with Gasteiger partial charge in [0, 0.05) is 4.90 Å². The average Bonchev–Trinajstić information content (AvgIpc) is 2.85. The van der Waals surface area contributed by atoms with E-state index < -0.39 is 0 Å². The second-order valence-corrected chi connectivity index (χ2v) is 7.35. The van der Waals surface area contributed by atoms with Gasteiger partial charge >= 0.3 is 0 Å². The quantitative estimate of drug-likeness (QED) is 0.615. The zero-order valence-electron chi connectivity index (χ0n) is 14.1. The third kappa shape index (κ3) is 2.80. The Morgan fingerprint density at radius 1 is 1.08 bits per heavy atom. The molecule has 0 saturated heterocycles. The predicted molar refractivity (Wildman–Crippen MR) is 105 cm³/mol. The Labute approximate surface area is 148 Å². The Morgan fingerprint density at radius 2 is 1.96 bits per heavy atom. The number of benzene rings is 2. The van der Waals surface area contributed by atoms with Crippen molar-refractivity contribution in [1.82, 2.24) is 0 Å². The van der Waals surface area contributed by atoms with Crippen molar-refractivity contribution in [2.24, 2.45) is 0 Å². The summed E-state index contributed by atoms with van der Waals surface area (Å²) in [6.45, 7) is 5.19. The van der Waals surface area contributed by atoms with Crippen LogP contribution in [0, 0.1) is 0 Å². The van der Waals surface area contributed by atoms with Crippen molar-refractivity contribution in [3.05, 3.63) is 65.2 Å². The fraction of sp³-hybridized carbons (Fsp3) is 0.273. The number of fused-ring (bicyclic) bond motifs is 2. The minimum atomic E-state index is 0.834. The second kappa shape index (κ2) is 6.52. The van der Waals surface area contributed by atoms with Crippen LogP contribution in [-0.2, 0) is 6.42 Å². The summed E-state index contributed by atoms with van der Waals surface area (Å²) in [5.41, 5.74) is 7.78. The molecule has 0 unspecified atom stereocenters. The van der Waals surface area contributed by atoms with Crippen LogP contribution in [0.25, 0.3) is 17.2 Å². The van der Waals surface area contributed by atoms with Gasteiger partial charge in [-0.05, 0) is 83.5 Å². The normalized spacial score (nSPS) is 16.5. The highest BCUT2D eigenvalue weighted by atomic mass is 32.2. The zero-order valence-corrected chi connectivity index (χ0v) is 14.9. The van der Waals surface area contributed by atoms with Crippen molar-refractivity contribution in [3.63, 3.8) is 0 Å². The molecule has 1 aliphatic carbocycles. The van der Waals surface area contributed by atoms with Crippen molar-refractivity contribution < 1.29 is 4.74 Å². The highest BCUT2D eigenvalue weighted by Crippen LogP contribution is 2.42. The Hall–Kier alpha value is -1.93. The number of ether oxygens (including phenoxy) is 1. The van der Waals surface area contributed by atoms with Gasteiger partial charge in [-0.15, -0.1) is 11.8 Å². The standard InChI is InChI=1S/C22H22OS/c1-15-11-17(19-8-3-4-9-22(19)24-2)13-18-12-16-7-5-6-10-23-21(16)14-20(15)18/h3-4,8-9,12-14H,1,5-7,10-11H2,2H3. The van der Waals surface area contributed by atoms with Gasteiger partial charge in [-0.25, -0.2) is 0 Å². The molecule has 2 aromatic carbocycles. The van der Waals surface area contributed by atoms with Crippen LogP contribution in [0.1, 0.15) is 41.5 Å². The van der Waals surface area contributed by atoms with Gasteiger partial charge in [0.2, 0.25) is 0 Å². The minimum absolute atomic E-state index is 0.834. The lowest BCUT2D eigenvalue weighted by atomic mass is 9.84. The Kier molecular flexibility index (Phi) is 4.24. The fourth-order valence-corrected chi connectivity index (χ4v) is 4.28. The van der Waals surface area contributed by atoms with Gasteiger partial charge in [-0.3, -0.25) is 0 Å². The SMILES string of the molecule is C=C1CC(c2ccccc2SC)=Cc2cc3c(cc21)OCCCC3. The lowest BCUT2D eigenvalue weighted by Gasteiger charge is -2.22. The molecule has 2 aliphatic rings. The Bertz CT molecular complexity index is 832. The minimum Gasteiger partial charge on any atom is -0.493 e. The number of thioether (sulfide) groups is 1. The molecular weight excluding hydrogens is 312 g/mol. The predicted octanol–water partition coefficient (Wildman–Crippen LogP) is 6.08. The highest BCUT2D eigenvalue weighted by Gasteiger charge is 2.20. The molecule has 0 N–H and O–H groups in total. The van der Waals surface area contributed by atoms with Crippen LogP contribution in [-0.4, -0.2) is 12.9 Å². The molecule has 0 aromatic heterocycles. The van der Waals surface area contributed by atoms with Gasteiger partial charge in [0.15, 0.2) is 0 Å². The van der Waals surface area contributed by atoms with Crippen molar-refractivity contribution in [2.45, 2.75) is 30.6 Å². The molecule has 0 atom stereocenters. The number of allylic oxidation sites excluding steroid dienone is 2. The van der Waals surface area contributed by atoms with Gasteiger partial charge in [-0.1, -0.05) is 30.9 Å².